The number of carbonyl (C=O) groups excluding carboxylic acids is 3. The van der Waals surface area contributed by atoms with Crippen LogP contribution < -0.4 is 0 Å². The Balaban J connectivity index is 1.80. The van der Waals surface area contributed by atoms with E-state index in [2.05, 4.69) is 0 Å². The molecular weight excluding hydrogens is 316 g/mol. The van der Waals surface area contributed by atoms with E-state index in [0.717, 1.165) is 38.5 Å². The van der Waals surface area contributed by atoms with Crippen LogP contribution in [0.3, 0.4) is 0 Å². The smallest absolute Gasteiger partial charge is 0.261 e. The first-order valence-electron chi connectivity index (χ1n) is 9.32. The van der Waals surface area contributed by atoms with E-state index < -0.39 is 0 Å². The van der Waals surface area contributed by atoms with Crippen LogP contribution in [0.2, 0.25) is 0 Å². The van der Waals surface area contributed by atoms with E-state index in [-0.39, 0.29) is 23.8 Å². The molecule has 1 saturated carbocycles. The maximum Gasteiger partial charge on any atom is 0.261 e. The van der Waals surface area contributed by atoms with Gasteiger partial charge in [0.25, 0.3) is 17.7 Å². The molecule has 0 radical (unpaired) electrons. The molecular formula is C20H26N2O3. The maximum atomic E-state index is 12.8. The molecule has 0 aromatic heterocycles. The van der Waals surface area contributed by atoms with Gasteiger partial charge in [-0.25, -0.2) is 0 Å². The third kappa shape index (κ3) is 3.32. The monoisotopic (exact) mass is 342 g/mol. The first-order valence-corrected chi connectivity index (χ1v) is 9.32. The van der Waals surface area contributed by atoms with Gasteiger partial charge in [0.05, 0.1) is 11.1 Å². The number of imide groups is 1. The molecule has 5 nitrogen and oxygen atoms in total. The first kappa shape index (κ1) is 17.6. The van der Waals surface area contributed by atoms with Gasteiger partial charge in [0.15, 0.2) is 0 Å². The Kier molecular flexibility index (Phi) is 5.21. The van der Waals surface area contributed by atoms with Gasteiger partial charge in [-0.15, -0.1) is 0 Å². The summed E-state index contributed by atoms with van der Waals surface area (Å²) in [4.78, 5) is 40.8. The molecule has 5 heteroatoms. The number of rotatable bonds is 5. The topological polar surface area (TPSA) is 57.7 Å². The zero-order valence-electron chi connectivity index (χ0n) is 15.1. The predicted octanol–water partition coefficient (Wildman–Crippen LogP) is 3.49. The molecule has 2 aliphatic rings. The Morgan fingerprint density at radius 3 is 2.48 bits per heavy atom. The minimum Gasteiger partial charge on any atom is -0.339 e. The van der Waals surface area contributed by atoms with Crippen molar-refractivity contribution in [1.82, 2.24) is 9.80 Å². The number of hydrogen-bond acceptors (Lipinski definition) is 3. The van der Waals surface area contributed by atoms with E-state index in [1.165, 1.54) is 11.3 Å². The summed E-state index contributed by atoms with van der Waals surface area (Å²) in [6.07, 6.45) is 7.34. The number of amides is 3. The van der Waals surface area contributed by atoms with Gasteiger partial charge in [-0.3, -0.25) is 19.3 Å². The van der Waals surface area contributed by atoms with Crippen LogP contribution in [0.25, 0.3) is 0 Å². The quantitative estimate of drug-likeness (QED) is 0.770. The third-order valence-corrected chi connectivity index (χ3v) is 5.40. The Bertz CT molecular complexity index is 692. The third-order valence-electron chi connectivity index (χ3n) is 5.40. The minimum atomic E-state index is -0.275. The summed E-state index contributed by atoms with van der Waals surface area (Å²) in [7, 11) is 1.84. The fraction of sp³-hybridized carbons (Fsp3) is 0.550. The van der Waals surface area contributed by atoms with E-state index in [4.69, 9.17) is 0 Å². The molecule has 134 valence electrons. The average Bonchev–Trinajstić information content (AvgIpc) is 2.89. The summed E-state index contributed by atoms with van der Waals surface area (Å²) in [6.45, 7) is 2.46. The highest BCUT2D eigenvalue weighted by Crippen LogP contribution is 2.27. The molecule has 0 unspecified atom stereocenters. The van der Waals surface area contributed by atoms with E-state index >= 15 is 0 Å². The Hall–Kier alpha value is -2.17. The SMILES string of the molecule is CCCCN1C(=O)c2ccc(C(=O)N(C)C3CCCCC3)cc2C1=O. The van der Waals surface area contributed by atoms with Crippen molar-refractivity contribution in [3.8, 4) is 0 Å². The van der Waals surface area contributed by atoms with Gasteiger partial charge in [0, 0.05) is 25.2 Å². The van der Waals surface area contributed by atoms with Crippen molar-refractivity contribution in [3.63, 3.8) is 0 Å². The van der Waals surface area contributed by atoms with Gasteiger partial charge in [0.2, 0.25) is 0 Å². The van der Waals surface area contributed by atoms with Crippen molar-refractivity contribution in [2.45, 2.75) is 57.9 Å². The summed E-state index contributed by atoms with van der Waals surface area (Å²) < 4.78 is 0. The van der Waals surface area contributed by atoms with Crippen molar-refractivity contribution in [3.05, 3.63) is 34.9 Å². The Labute approximate surface area is 149 Å². The van der Waals surface area contributed by atoms with Gasteiger partial charge in [-0.2, -0.15) is 0 Å². The van der Waals surface area contributed by atoms with Crippen molar-refractivity contribution in [2.24, 2.45) is 0 Å². The molecule has 1 heterocycles. The fourth-order valence-corrected chi connectivity index (χ4v) is 3.78. The Morgan fingerprint density at radius 1 is 1.12 bits per heavy atom. The maximum absolute atomic E-state index is 12.8. The molecule has 0 saturated heterocycles. The van der Waals surface area contributed by atoms with E-state index in [1.807, 2.05) is 14.0 Å². The molecule has 3 rings (SSSR count). The highest BCUT2D eigenvalue weighted by molar-refractivity contribution is 6.22. The van der Waals surface area contributed by atoms with Gasteiger partial charge < -0.3 is 4.90 Å². The lowest BCUT2D eigenvalue weighted by molar-refractivity contribution is 0.0651. The van der Waals surface area contributed by atoms with Crippen LogP contribution in [0.5, 0.6) is 0 Å². The Morgan fingerprint density at radius 2 is 1.80 bits per heavy atom. The molecule has 0 spiro atoms. The minimum absolute atomic E-state index is 0.0676. The normalized spacial score (nSPS) is 17.8. The molecule has 0 atom stereocenters. The van der Waals surface area contributed by atoms with E-state index in [1.54, 1.807) is 23.1 Å². The summed E-state index contributed by atoms with van der Waals surface area (Å²) in [5, 5.41) is 0. The number of unbranched alkanes of at least 4 members (excludes halogenated alkanes) is 1. The zero-order valence-corrected chi connectivity index (χ0v) is 15.1. The standard InChI is InChI=1S/C20H26N2O3/c1-3-4-12-22-19(24)16-11-10-14(13-17(16)20(22)25)18(23)21(2)15-8-6-5-7-9-15/h10-11,13,15H,3-9,12H2,1-2H3. The molecule has 1 aromatic carbocycles. The number of nitrogens with zero attached hydrogens (tertiary/aromatic N) is 2. The summed E-state index contributed by atoms with van der Waals surface area (Å²) in [5.41, 5.74) is 1.27. The van der Waals surface area contributed by atoms with Crippen LogP contribution in [0.4, 0.5) is 0 Å². The molecule has 1 fully saturated rings. The van der Waals surface area contributed by atoms with Crippen molar-refractivity contribution < 1.29 is 14.4 Å². The van der Waals surface area contributed by atoms with Gasteiger partial charge >= 0.3 is 0 Å². The molecule has 1 aliphatic heterocycles. The van der Waals surface area contributed by atoms with Crippen LogP contribution in [-0.4, -0.2) is 47.2 Å². The second kappa shape index (κ2) is 7.38. The number of fused-ring (bicyclic) bond motifs is 1. The second-order valence-electron chi connectivity index (χ2n) is 7.08. The lowest BCUT2D eigenvalue weighted by atomic mass is 9.94. The lowest BCUT2D eigenvalue weighted by Gasteiger charge is -2.31. The zero-order chi connectivity index (χ0) is 18.0. The van der Waals surface area contributed by atoms with Crippen molar-refractivity contribution >= 4 is 17.7 Å². The highest BCUT2D eigenvalue weighted by Gasteiger charge is 2.36. The van der Waals surface area contributed by atoms with Gasteiger partial charge in [-0.1, -0.05) is 32.6 Å². The first-order chi connectivity index (χ1) is 12.0. The van der Waals surface area contributed by atoms with E-state index in [0.29, 0.717) is 23.2 Å². The second-order valence-corrected chi connectivity index (χ2v) is 7.08. The number of hydrogen-bond donors (Lipinski definition) is 0. The van der Waals surface area contributed by atoms with Gasteiger partial charge in [-0.05, 0) is 37.5 Å². The molecule has 1 aromatic rings. The van der Waals surface area contributed by atoms with Crippen LogP contribution in [0, 0.1) is 0 Å². The van der Waals surface area contributed by atoms with E-state index in [9.17, 15) is 14.4 Å². The van der Waals surface area contributed by atoms with Gasteiger partial charge in [0.1, 0.15) is 0 Å². The fourth-order valence-electron chi connectivity index (χ4n) is 3.78. The van der Waals surface area contributed by atoms with Crippen molar-refractivity contribution in [1.29, 1.82) is 0 Å². The van der Waals surface area contributed by atoms with Crippen LogP contribution in [0.15, 0.2) is 18.2 Å². The molecule has 0 N–H and O–H groups in total. The summed E-state index contributed by atoms with van der Waals surface area (Å²) >= 11 is 0. The summed E-state index contributed by atoms with van der Waals surface area (Å²) in [5.74, 6) is -0.585. The van der Waals surface area contributed by atoms with Crippen molar-refractivity contribution in [2.75, 3.05) is 13.6 Å². The number of benzene rings is 1. The molecule has 25 heavy (non-hydrogen) atoms. The summed E-state index contributed by atoms with van der Waals surface area (Å²) in [6, 6.07) is 5.18. The highest BCUT2D eigenvalue weighted by atomic mass is 16.2. The van der Waals surface area contributed by atoms with Crippen LogP contribution in [0.1, 0.15) is 82.9 Å². The molecule has 3 amide bonds. The predicted molar refractivity (Wildman–Crippen MR) is 95.7 cm³/mol. The van der Waals surface area contributed by atoms with Crippen LogP contribution in [-0.2, 0) is 0 Å². The molecule has 0 bridgehead atoms. The number of carbonyl (C=O) groups is 3. The average molecular weight is 342 g/mol. The lowest BCUT2D eigenvalue weighted by Crippen LogP contribution is -2.38. The largest absolute Gasteiger partial charge is 0.339 e. The molecule has 1 aliphatic carbocycles. The van der Waals surface area contributed by atoms with Crippen LogP contribution >= 0.6 is 0 Å².